The molecule has 0 bridgehead atoms. The first kappa shape index (κ1) is 20.7. The molecule has 1 atom stereocenters. The molecule has 0 saturated heterocycles. The first-order valence-corrected chi connectivity index (χ1v) is 9.56. The molecule has 0 aliphatic heterocycles. The van der Waals surface area contributed by atoms with Gasteiger partial charge in [0.15, 0.2) is 11.6 Å². The third-order valence-electron chi connectivity index (χ3n) is 4.69. The van der Waals surface area contributed by atoms with Gasteiger partial charge in [-0.05, 0) is 65.9 Å². The molecule has 0 fully saturated rings. The van der Waals surface area contributed by atoms with Crippen LogP contribution in [0.5, 0.6) is 11.5 Å². The number of benzene rings is 3. The van der Waals surface area contributed by atoms with Crippen LogP contribution in [0.3, 0.4) is 0 Å². The Kier molecular flexibility index (Phi) is 6.76. The van der Waals surface area contributed by atoms with E-state index < -0.39 is 11.7 Å². The lowest BCUT2D eigenvalue weighted by Crippen LogP contribution is -2.08. The van der Waals surface area contributed by atoms with Gasteiger partial charge in [0.05, 0.1) is 0 Å². The van der Waals surface area contributed by atoms with Crippen LogP contribution >= 0.6 is 0 Å². The van der Waals surface area contributed by atoms with E-state index >= 15 is 0 Å². The van der Waals surface area contributed by atoms with E-state index in [0.717, 1.165) is 11.1 Å². The second kappa shape index (κ2) is 9.46. The van der Waals surface area contributed by atoms with Crippen molar-refractivity contribution in [3.8, 4) is 11.5 Å². The molecule has 1 unspecified atom stereocenters. The van der Waals surface area contributed by atoms with E-state index in [1.54, 1.807) is 48.5 Å². The van der Waals surface area contributed by atoms with Crippen LogP contribution in [-0.2, 0) is 6.42 Å². The highest BCUT2D eigenvalue weighted by molar-refractivity contribution is 5.36. The van der Waals surface area contributed by atoms with E-state index in [0.29, 0.717) is 12.2 Å². The predicted octanol–water partition coefficient (Wildman–Crippen LogP) is 7.59. The second-order valence-corrected chi connectivity index (χ2v) is 7.25. The molecule has 3 rings (SSSR count). The molecular formula is C25H23F3O. The SMILES string of the molecule is CC(C)C(/C(F)=C/Cc1ccc(F)c(Oc2ccccc2)c1)c1ccc(F)cc1. The van der Waals surface area contributed by atoms with E-state index in [1.165, 1.54) is 24.3 Å². The van der Waals surface area contributed by atoms with Crippen molar-refractivity contribution >= 4 is 0 Å². The number of para-hydroxylation sites is 1. The Morgan fingerprint density at radius 2 is 1.62 bits per heavy atom. The Labute approximate surface area is 169 Å². The first-order chi connectivity index (χ1) is 13.9. The van der Waals surface area contributed by atoms with Crippen molar-refractivity contribution in [2.24, 2.45) is 5.92 Å². The van der Waals surface area contributed by atoms with Crippen LogP contribution in [0.1, 0.15) is 30.9 Å². The van der Waals surface area contributed by atoms with Crippen LogP contribution in [0.4, 0.5) is 13.2 Å². The van der Waals surface area contributed by atoms with E-state index in [1.807, 2.05) is 19.9 Å². The van der Waals surface area contributed by atoms with Crippen molar-refractivity contribution in [2.45, 2.75) is 26.2 Å². The third-order valence-corrected chi connectivity index (χ3v) is 4.69. The summed E-state index contributed by atoms with van der Waals surface area (Å²) in [7, 11) is 0. The van der Waals surface area contributed by atoms with Crippen molar-refractivity contribution in [1.29, 1.82) is 0 Å². The Balaban J connectivity index is 1.78. The maximum atomic E-state index is 15.0. The molecule has 0 radical (unpaired) electrons. The van der Waals surface area contributed by atoms with Crippen LogP contribution in [0, 0.1) is 17.6 Å². The molecule has 29 heavy (non-hydrogen) atoms. The Hall–Kier alpha value is -3.01. The minimum atomic E-state index is -0.478. The molecule has 0 aromatic heterocycles. The Morgan fingerprint density at radius 1 is 0.931 bits per heavy atom. The highest BCUT2D eigenvalue weighted by Crippen LogP contribution is 2.33. The van der Waals surface area contributed by atoms with Gasteiger partial charge in [0, 0.05) is 5.92 Å². The lowest BCUT2D eigenvalue weighted by atomic mass is 9.86. The summed E-state index contributed by atoms with van der Waals surface area (Å²) in [5, 5.41) is 0. The van der Waals surface area contributed by atoms with Crippen molar-refractivity contribution in [1.82, 2.24) is 0 Å². The minimum absolute atomic E-state index is 0.00176. The molecule has 1 nitrogen and oxygen atoms in total. The molecule has 0 aliphatic rings. The Bertz CT molecular complexity index is 963. The minimum Gasteiger partial charge on any atom is -0.454 e. The molecule has 0 saturated carbocycles. The lowest BCUT2D eigenvalue weighted by molar-refractivity contribution is 0.441. The number of hydrogen-bond donors (Lipinski definition) is 0. The number of hydrogen-bond acceptors (Lipinski definition) is 1. The van der Waals surface area contributed by atoms with Gasteiger partial charge in [-0.25, -0.2) is 13.2 Å². The van der Waals surface area contributed by atoms with Gasteiger partial charge in [0.25, 0.3) is 0 Å². The van der Waals surface area contributed by atoms with Gasteiger partial charge < -0.3 is 4.74 Å². The first-order valence-electron chi connectivity index (χ1n) is 9.56. The summed E-state index contributed by atoms with van der Waals surface area (Å²) in [5.41, 5.74) is 1.46. The number of ether oxygens (including phenoxy) is 1. The zero-order chi connectivity index (χ0) is 20.8. The normalized spacial score (nSPS) is 12.8. The summed E-state index contributed by atoms with van der Waals surface area (Å²) < 4.78 is 47.9. The summed E-state index contributed by atoms with van der Waals surface area (Å²) in [6.45, 7) is 3.84. The van der Waals surface area contributed by atoms with E-state index in [2.05, 4.69) is 0 Å². The molecule has 3 aromatic carbocycles. The van der Waals surface area contributed by atoms with Crippen LogP contribution in [-0.4, -0.2) is 0 Å². The van der Waals surface area contributed by atoms with Gasteiger partial charge in [0.2, 0.25) is 0 Å². The molecule has 0 amide bonds. The fourth-order valence-corrected chi connectivity index (χ4v) is 3.24. The quantitative estimate of drug-likeness (QED) is 0.400. The lowest BCUT2D eigenvalue weighted by Gasteiger charge is -2.20. The number of rotatable bonds is 7. The predicted molar refractivity (Wildman–Crippen MR) is 110 cm³/mol. The number of allylic oxidation sites excluding steroid dienone is 2. The van der Waals surface area contributed by atoms with Gasteiger partial charge >= 0.3 is 0 Å². The average molecular weight is 396 g/mol. The summed E-state index contributed by atoms with van der Waals surface area (Å²) in [4.78, 5) is 0. The third kappa shape index (κ3) is 5.50. The topological polar surface area (TPSA) is 9.23 Å². The van der Waals surface area contributed by atoms with Crippen LogP contribution in [0.15, 0.2) is 84.7 Å². The summed E-state index contributed by atoms with van der Waals surface area (Å²) in [5.74, 6) is -0.950. The summed E-state index contributed by atoms with van der Waals surface area (Å²) in [6.07, 6.45) is 1.79. The fraction of sp³-hybridized carbons (Fsp3) is 0.200. The highest BCUT2D eigenvalue weighted by atomic mass is 19.1. The largest absolute Gasteiger partial charge is 0.454 e. The molecule has 150 valence electrons. The van der Waals surface area contributed by atoms with E-state index in [-0.39, 0.29) is 23.3 Å². The zero-order valence-corrected chi connectivity index (χ0v) is 16.4. The highest BCUT2D eigenvalue weighted by Gasteiger charge is 2.21. The van der Waals surface area contributed by atoms with Crippen LogP contribution in [0.2, 0.25) is 0 Å². The summed E-state index contributed by atoms with van der Waals surface area (Å²) >= 11 is 0. The van der Waals surface area contributed by atoms with Crippen molar-refractivity contribution < 1.29 is 17.9 Å². The number of halogens is 3. The standard InChI is InChI=1S/C25H23F3O/c1-17(2)25(19-10-12-20(26)13-11-19)23(28)15-9-18-8-14-22(27)24(16-18)29-21-6-4-3-5-7-21/h3-8,10-17,25H,9H2,1-2H3/b23-15-. The molecule has 4 heteroatoms. The van der Waals surface area contributed by atoms with Gasteiger partial charge in [-0.2, -0.15) is 0 Å². The molecule has 3 aromatic rings. The van der Waals surface area contributed by atoms with Gasteiger partial charge in [-0.15, -0.1) is 0 Å². The molecular weight excluding hydrogens is 373 g/mol. The zero-order valence-electron chi connectivity index (χ0n) is 16.4. The molecule has 0 spiro atoms. The average Bonchev–Trinajstić information content (AvgIpc) is 2.71. The second-order valence-electron chi connectivity index (χ2n) is 7.25. The van der Waals surface area contributed by atoms with E-state index in [4.69, 9.17) is 4.74 Å². The van der Waals surface area contributed by atoms with Gasteiger partial charge in [0.1, 0.15) is 17.4 Å². The van der Waals surface area contributed by atoms with Crippen molar-refractivity contribution in [3.05, 3.63) is 107 Å². The fourth-order valence-electron chi connectivity index (χ4n) is 3.24. The molecule has 0 N–H and O–H groups in total. The molecule has 0 aliphatic carbocycles. The van der Waals surface area contributed by atoms with Crippen LogP contribution in [0.25, 0.3) is 0 Å². The summed E-state index contributed by atoms with van der Waals surface area (Å²) in [6, 6.07) is 19.3. The van der Waals surface area contributed by atoms with E-state index in [9.17, 15) is 13.2 Å². The maximum Gasteiger partial charge on any atom is 0.165 e. The van der Waals surface area contributed by atoms with Crippen molar-refractivity contribution in [3.63, 3.8) is 0 Å². The molecule has 0 heterocycles. The maximum absolute atomic E-state index is 15.0. The van der Waals surface area contributed by atoms with Gasteiger partial charge in [-0.3, -0.25) is 0 Å². The monoisotopic (exact) mass is 396 g/mol. The smallest absolute Gasteiger partial charge is 0.165 e. The van der Waals surface area contributed by atoms with Gasteiger partial charge in [-0.1, -0.05) is 50.2 Å². The van der Waals surface area contributed by atoms with Crippen molar-refractivity contribution in [2.75, 3.05) is 0 Å². The van der Waals surface area contributed by atoms with Crippen LogP contribution < -0.4 is 4.74 Å². The Morgan fingerprint density at radius 3 is 2.28 bits per heavy atom.